The molecule has 1 aromatic carbocycles. The fraction of sp³-hybridized carbons (Fsp3) is 0.562. The topological polar surface area (TPSA) is 64.4 Å². The highest BCUT2D eigenvalue weighted by Gasteiger charge is 2.38. The molecular formula is C16H23FN2O2S. The number of benzene rings is 1. The number of carbonyl (C=O) groups is 1. The molecule has 1 aliphatic heterocycles. The lowest BCUT2D eigenvalue weighted by Crippen LogP contribution is -2.49. The molecule has 6 heteroatoms. The number of nitrogens with two attached hydrogens (primary N) is 1. The van der Waals surface area contributed by atoms with E-state index in [1.165, 1.54) is 12.1 Å². The SMILES string of the molecule is CSCc1cc(F)ccc1CNC(=O)C1(CN)CCOCC1. The van der Waals surface area contributed by atoms with Crippen molar-refractivity contribution in [3.63, 3.8) is 0 Å². The molecule has 1 amide bonds. The first kappa shape index (κ1) is 17.2. The van der Waals surface area contributed by atoms with Crippen LogP contribution in [0.5, 0.6) is 0 Å². The highest BCUT2D eigenvalue weighted by molar-refractivity contribution is 7.97. The molecule has 122 valence electrons. The van der Waals surface area contributed by atoms with Crippen LogP contribution < -0.4 is 11.1 Å². The van der Waals surface area contributed by atoms with Crippen LogP contribution in [0.25, 0.3) is 0 Å². The smallest absolute Gasteiger partial charge is 0.227 e. The van der Waals surface area contributed by atoms with E-state index in [9.17, 15) is 9.18 Å². The van der Waals surface area contributed by atoms with Gasteiger partial charge in [-0.2, -0.15) is 11.8 Å². The van der Waals surface area contributed by atoms with Gasteiger partial charge in [-0.15, -0.1) is 0 Å². The number of ether oxygens (including phenoxy) is 1. The number of rotatable bonds is 6. The number of halogens is 1. The third-order valence-corrected chi connectivity index (χ3v) is 4.83. The van der Waals surface area contributed by atoms with E-state index in [1.807, 2.05) is 6.26 Å². The number of nitrogens with one attached hydrogen (secondary N) is 1. The maximum atomic E-state index is 13.3. The van der Waals surface area contributed by atoms with Gasteiger partial charge in [0, 0.05) is 32.1 Å². The molecule has 0 atom stereocenters. The maximum absolute atomic E-state index is 13.3. The van der Waals surface area contributed by atoms with E-state index in [1.54, 1.807) is 17.8 Å². The van der Waals surface area contributed by atoms with Crippen LogP contribution in [0, 0.1) is 11.2 Å². The molecule has 0 saturated carbocycles. The number of hydrogen-bond acceptors (Lipinski definition) is 4. The zero-order valence-corrected chi connectivity index (χ0v) is 13.7. The molecule has 0 unspecified atom stereocenters. The van der Waals surface area contributed by atoms with E-state index in [2.05, 4.69) is 5.32 Å². The Morgan fingerprint density at radius 2 is 2.14 bits per heavy atom. The Kier molecular flexibility index (Phi) is 6.23. The minimum absolute atomic E-state index is 0.0299. The van der Waals surface area contributed by atoms with Crippen LogP contribution in [0.15, 0.2) is 18.2 Å². The summed E-state index contributed by atoms with van der Waals surface area (Å²) in [4.78, 5) is 12.5. The number of thioether (sulfide) groups is 1. The zero-order valence-electron chi connectivity index (χ0n) is 12.9. The first-order valence-electron chi connectivity index (χ1n) is 7.43. The highest BCUT2D eigenvalue weighted by Crippen LogP contribution is 2.29. The summed E-state index contributed by atoms with van der Waals surface area (Å²) in [5.41, 5.74) is 7.17. The molecule has 1 aliphatic rings. The monoisotopic (exact) mass is 326 g/mol. The normalized spacial score (nSPS) is 17.2. The maximum Gasteiger partial charge on any atom is 0.227 e. The summed E-state index contributed by atoms with van der Waals surface area (Å²) in [7, 11) is 0. The summed E-state index contributed by atoms with van der Waals surface area (Å²) in [6, 6.07) is 4.70. The highest BCUT2D eigenvalue weighted by atomic mass is 32.2. The summed E-state index contributed by atoms with van der Waals surface area (Å²) in [6.07, 6.45) is 3.27. The lowest BCUT2D eigenvalue weighted by molar-refractivity contribution is -0.136. The predicted molar refractivity (Wildman–Crippen MR) is 87.0 cm³/mol. The number of amides is 1. The standard InChI is InChI=1S/C16H23FN2O2S/c1-22-10-13-8-14(17)3-2-12(13)9-19-15(20)16(11-18)4-6-21-7-5-16/h2-3,8H,4-7,9-11,18H2,1H3,(H,19,20). The molecule has 1 fully saturated rings. The molecule has 1 saturated heterocycles. The van der Waals surface area contributed by atoms with Crippen molar-refractivity contribution in [2.24, 2.45) is 11.1 Å². The van der Waals surface area contributed by atoms with Crippen molar-refractivity contribution in [2.75, 3.05) is 26.0 Å². The van der Waals surface area contributed by atoms with Crippen LogP contribution in [-0.4, -0.2) is 31.9 Å². The quantitative estimate of drug-likeness (QED) is 0.840. The van der Waals surface area contributed by atoms with Gasteiger partial charge in [0.2, 0.25) is 5.91 Å². The summed E-state index contributed by atoms with van der Waals surface area (Å²) in [5, 5.41) is 2.97. The first-order valence-corrected chi connectivity index (χ1v) is 8.83. The molecule has 1 heterocycles. The zero-order chi connectivity index (χ0) is 16.0. The summed E-state index contributed by atoms with van der Waals surface area (Å²) in [5.74, 6) is 0.443. The minimum atomic E-state index is -0.530. The second-order valence-corrected chi connectivity index (χ2v) is 6.49. The van der Waals surface area contributed by atoms with Crippen molar-refractivity contribution in [1.82, 2.24) is 5.32 Å². The van der Waals surface area contributed by atoms with E-state index in [-0.39, 0.29) is 11.7 Å². The third-order valence-electron chi connectivity index (χ3n) is 4.23. The van der Waals surface area contributed by atoms with Crippen LogP contribution in [0.3, 0.4) is 0 Å². The van der Waals surface area contributed by atoms with Crippen molar-refractivity contribution in [3.8, 4) is 0 Å². The summed E-state index contributed by atoms with van der Waals surface area (Å²) >= 11 is 1.63. The molecule has 0 spiro atoms. The van der Waals surface area contributed by atoms with E-state index in [0.717, 1.165) is 16.9 Å². The molecule has 0 radical (unpaired) electrons. The first-order chi connectivity index (χ1) is 10.6. The van der Waals surface area contributed by atoms with Crippen LogP contribution in [-0.2, 0) is 21.8 Å². The van der Waals surface area contributed by atoms with Crippen LogP contribution in [0.2, 0.25) is 0 Å². The third kappa shape index (κ3) is 4.00. The fourth-order valence-corrected chi connectivity index (χ4v) is 3.29. The van der Waals surface area contributed by atoms with E-state index >= 15 is 0 Å². The predicted octanol–water partition coefficient (Wildman–Crippen LogP) is 2.06. The second kappa shape index (κ2) is 7.94. The summed E-state index contributed by atoms with van der Waals surface area (Å²) < 4.78 is 18.7. The molecule has 3 N–H and O–H groups in total. The van der Waals surface area contributed by atoms with Gasteiger partial charge in [0.25, 0.3) is 0 Å². The minimum Gasteiger partial charge on any atom is -0.381 e. The largest absolute Gasteiger partial charge is 0.381 e. The molecule has 1 aromatic rings. The Hall–Kier alpha value is -1.11. The Morgan fingerprint density at radius 3 is 2.77 bits per heavy atom. The van der Waals surface area contributed by atoms with Crippen molar-refractivity contribution in [3.05, 3.63) is 35.1 Å². The van der Waals surface area contributed by atoms with Crippen molar-refractivity contribution >= 4 is 17.7 Å². The fourth-order valence-electron chi connectivity index (χ4n) is 2.71. The second-order valence-electron chi connectivity index (χ2n) is 5.63. The van der Waals surface area contributed by atoms with Gasteiger partial charge in [-0.05, 0) is 42.4 Å². The molecule has 0 aliphatic carbocycles. The van der Waals surface area contributed by atoms with Crippen molar-refractivity contribution in [1.29, 1.82) is 0 Å². The Labute approximate surface area is 135 Å². The average Bonchev–Trinajstić information content (AvgIpc) is 2.54. The van der Waals surface area contributed by atoms with Crippen LogP contribution in [0.4, 0.5) is 4.39 Å². The average molecular weight is 326 g/mol. The Morgan fingerprint density at radius 1 is 1.41 bits per heavy atom. The molecule has 0 bridgehead atoms. The summed E-state index contributed by atoms with van der Waals surface area (Å²) in [6.45, 7) is 1.86. The van der Waals surface area contributed by atoms with E-state index in [4.69, 9.17) is 10.5 Å². The Balaban J connectivity index is 2.04. The molecule has 2 rings (SSSR count). The number of carbonyl (C=O) groups excluding carboxylic acids is 1. The van der Waals surface area contributed by atoms with Crippen molar-refractivity contribution in [2.45, 2.75) is 25.1 Å². The molecule has 0 aromatic heterocycles. The lowest BCUT2D eigenvalue weighted by atomic mass is 9.79. The lowest BCUT2D eigenvalue weighted by Gasteiger charge is -2.34. The van der Waals surface area contributed by atoms with Gasteiger partial charge < -0.3 is 15.8 Å². The van der Waals surface area contributed by atoms with Gasteiger partial charge in [0.05, 0.1) is 5.41 Å². The van der Waals surface area contributed by atoms with E-state index in [0.29, 0.717) is 39.1 Å². The molecular weight excluding hydrogens is 303 g/mol. The van der Waals surface area contributed by atoms with E-state index < -0.39 is 5.41 Å². The van der Waals surface area contributed by atoms with Gasteiger partial charge in [-0.25, -0.2) is 4.39 Å². The molecule has 4 nitrogen and oxygen atoms in total. The van der Waals surface area contributed by atoms with Gasteiger partial charge in [0.1, 0.15) is 5.82 Å². The van der Waals surface area contributed by atoms with Crippen molar-refractivity contribution < 1.29 is 13.9 Å². The Bertz CT molecular complexity index is 519. The van der Waals surface area contributed by atoms with Gasteiger partial charge in [-0.3, -0.25) is 4.79 Å². The number of hydrogen-bond donors (Lipinski definition) is 2. The van der Waals surface area contributed by atoms with Gasteiger partial charge >= 0.3 is 0 Å². The molecule has 22 heavy (non-hydrogen) atoms. The van der Waals surface area contributed by atoms with Gasteiger partial charge in [-0.1, -0.05) is 6.07 Å². The van der Waals surface area contributed by atoms with Crippen LogP contribution >= 0.6 is 11.8 Å². The van der Waals surface area contributed by atoms with Gasteiger partial charge in [0.15, 0.2) is 0 Å². The van der Waals surface area contributed by atoms with Crippen LogP contribution in [0.1, 0.15) is 24.0 Å².